The molecule has 1 aliphatic rings. The fourth-order valence-electron chi connectivity index (χ4n) is 3.11. The van der Waals surface area contributed by atoms with E-state index < -0.39 is 0 Å². The first-order chi connectivity index (χ1) is 13.6. The lowest BCUT2D eigenvalue weighted by Crippen LogP contribution is -2.15. The molecule has 142 valence electrons. The monoisotopic (exact) mass is 369 g/mol. The predicted octanol–water partition coefficient (Wildman–Crippen LogP) is 5.81. The highest BCUT2D eigenvalue weighted by atomic mass is 15.5. The molecule has 0 saturated carbocycles. The number of aromatic nitrogens is 1. The SMILES string of the molecule is C=Cc1ccc(C)cc1.Cc1ccc(C2=NN(C)C(c3ccccn3)C2)cc1. The van der Waals surface area contributed by atoms with Crippen molar-refractivity contribution in [3.05, 3.63) is 107 Å². The Hall–Kier alpha value is -3.20. The molecule has 4 rings (SSSR count). The van der Waals surface area contributed by atoms with Crippen LogP contribution in [0, 0.1) is 13.8 Å². The van der Waals surface area contributed by atoms with Gasteiger partial charge in [0.25, 0.3) is 0 Å². The lowest BCUT2D eigenvalue weighted by Gasteiger charge is -2.17. The summed E-state index contributed by atoms with van der Waals surface area (Å²) in [6.07, 6.45) is 4.60. The van der Waals surface area contributed by atoms with Gasteiger partial charge in [-0.25, -0.2) is 0 Å². The number of benzene rings is 2. The average Bonchev–Trinajstić information content (AvgIpc) is 3.12. The topological polar surface area (TPSA) is 28.5 Å². The van der Waals surface area contributed by atoms with Gasteiger partial charge in [0.2, 0.25) is 0 Å². The van der Waals surface area contributed by atoms with Crippen molar-refractivity contribution in [1.82, 2.24) is 9.99 Å². The molecule has 1 aromatic heterocycles. The second-order valence-corrected chi connectivity index (χ2v) is 7.08. The number of rotatable bonds is 3. The van der Waals surface area contributed by atoms with Crippen molar-refractivity contribution in [3.8, 4) is 0 Å². The van der Waals surface area contributed by atoms with Crippen molar-refractivity contribution < 1.29 is 0 Å². The molecule has 0 radical (unpaired) electrons. The summed E-state index contributed by atoms with van der Waals surface area (Å²) in [5, 5.41) is 6.67. The molecule has 0 saturated heterocycles. The van der Waals surface area contributed by atoms with Gasteiger partial charge < -0.3 is 0 Å². The number of hydrogen-bond donors (Lipinski definition) is 0. The largest absolute Gasteiger partial charge is 0.290 e. The third-order valence-corrected chi connectivity index (χ3v) is 4.84. The van der Waals surface area contributed by atoms with Crippen LogP contribution in [0.4, 0.5) is 0 Å². The van der Waals surface area contributed by atoms with E-state index in [0.717, 1.165) is 17.8 Å². The van der Waals surface area contributed by atoms with Crippen molar-refractivity contribution in [3.63, 3.8) is 0 Å². The Morgan fingerprint density at radius 3 is 2.14 bits per heavy atom. The van der Waals surface area contributed by atoms with Crippen molar-refractivity contribution in [2.24, 2.45) is 5.10 Å². The zero-order chi connectivity index (χ0) is 19.9. The average molecular weight is 370 g/mol. The molecule has 2 heterocycles. The van der Waals surface area contributed by atoms with Crippen LogP contribution in [0.15, 0.2) is 84.6 Å². The van der Waals surface area contributed by atoms with Crippen LogP contribution in [0.25, 0.3) is 6.08 Å². The van der Waals surface area contributed by atoms with Gasteiger partial charge in [-0.05, 0) is 37.1 Å². The molecule has 1 aliphatic heterocycles. The lowest BCUT2D eigenvalue weighted by atomic mass is 10.0. The van der Waals surface area contributed by atoms with E-state index in [-0.39, 0.29) is 6.04 Å². The summed E-state index contributed by atoms with van der Waals surface area (Å²) in [7, 11) is 2.01. The number of aryl methyl sites for hydroxylation is 2. The Labute approximate surface area is 168 Å². The van der Waals surface area contributed by atoms with Crippen molar-refractivity contribution >= 4 is 11.8 Å². The van der Waals surface area contributed by atoms with Gasteiger partial charge in [-0.3, -0.25) is 9.99 Å². The Kier molecular flexibility index (Phi) is 6.38. The molecule has 2 aromatic carbocycles. The van der Waals surface area contributed by atoms with Gasteiger partial charge in [-0.15, -0.1) is 0 Å². The molecule has 0 spiro atoms. The summed E-state index contributed by atoms with van der Waals surface area (Å²) in [6.45, 7) is 7.84. The Balaban J connectivity index is 0.000000211. The minimum Gasteiger partial charge on any atom is -0.290 e. The summed E-state index contributed by atoms with van der Waals surface area (Å²) in [6, 6.07) is 23.1. The maximum atomic E-state index is 4.66. The minimum atomic E-state index is 0.248. The van der Waals surface area contributed by atoms with Crippen LogP contribution in [0.3, 0.4) is 0 Å². The summed E-state index contributed by atoms with van der Waals surface area (Å²) in [5.74, 6) is 0. The van der Waals surface area contributed by atoms with Crippen LogP contribution in [-0.4, -0.2) is 22.8 Å². The number of hydrazone groups is 1. The van der Waals surface area contributed by atoms with Crippen LogP contribution < -0.4 is 0 Å². The molecule has 3 heteroatoms. The molecule has 1 atom stereocenters. The Morgan fingerprint density at radius 1 is 0.929 bits per heavy atom. The van der Waals surface area contributed by atoms with Crippen LogP contribution in [0.2, 0.25) is 0 Å². The second kappa shape index (κ2) is 9.14. The number of hydrogen-bond acceptors (Lipinski definition) is 3. The van der Waals surface area contributed by atoms with Crippen LogP contribution >= 0.6 is 0 Å². The number of nitrogens with zero attached hydrogens (tertiary/aromatic N) is 3. The molecule has 28 heavy (non-hydrogen) atoms. The van der Waals surface area contributed by atoms with Gasteiger partial charge in [-0.1, -0.05) is 78.4 Å². The molecule has 3 aromatic rings. The van der Waals surface area contributed by atoms with E-state index in [2.05, 4.69) is 85.1 Å². The van der Waals surface area contributed by atoms with E-state index in [1.807, 2.05) is 36.5 Å². The van der Waals surface area contributed by atoms with Gasteiger partial charge in [-0.2, -0.15) is 5.10 Å². The third kappa shape index (κ3) is 4.95. The highest BCUT2D eigenvalue weighted by molar-refractivity contribution is 6.01. The van der Waals surface area contributed by atoms with Gasteiger partial charge in [0.1, 0.15) is 0 Å². The molecule has 3 nitrogen and oxygen atoms in total. The standard InChI is InChI=1S/C16H17N3.C9H10/c1-12-6-8-13(9-7-12)15-11-16(19(2)18-15)14-5-3-4-10-17-14;1-3-9-6-4-8(2)5-7-9/h3-10,16H,11H2,1-2H3;3-7H,1H2,2H3. The summed E-state index contributed by atoms with van der Waals surface area (Å²) in [4.78, 5) is 4.44. The van der Waals surface area contributed by atoms with Gasteiger partial charge >= 0.3 is 0 Å². The maximum absolute atomic E-state index is 4.66. The second-order valence-electron chi connectivity index (χ2n) is 7.08. The Bertz CT molecular complexity index is 926. The quantitative estimate of drug-likeness (QED) is 0.583. The van der Waals surface area contributed by atoms with Gasteiger partial charge in [0.15, 0.2) is 0 Å². The minimum absolute atomic E-state index is 0.248. The summed E-state index contributed by atoms with van der Waals surface area (Å²) >= 11 is 0. The number of pyridine rings is 1. The molecule has 0 bridgehead atoms. The van der Waals surface area contributed by atoms with Crippen molar-refractivity contribution in [2.45, 2.75) is 26.3 Å². The predicted molar refractivity (Wildman–Crippen MR) is 118 cm³/mol. The molecular formula is C25H27N3. The lowest BCUT2D eigenvalue weighted by molar-refractivity contribution is 0.284. The summed E-state index contributed by atoms with van der Waals surface area (Å²) < 4.78 is 0. The van der Waals surface area contributed by atoms with Crippen molar-refractivity contribution in [1.29, 1.82) is 0 Å². The first-order valence-corrected chi connectivity index (χ1v) is 9.54. The molecule has 0 fully saturated rings. The molecule has 1 unspecified atom stereocenters. The van der Waals surface area contributed by atoms with E-state index in [1.165, 1.54) is 22.3 Å². The van der Waals surface area contributed by atoms with E-state index in [1.54, 1.807) is 0 Å². The summed E-state index contributed by atoms with van der Waals surface area (Å²) in [5.41, 5.74) is 7.17. The fourth-order valence-corrected chi connectivity index (χ4v) is 3.11. The third-order valence-electron chi connectivity index (χ3n) is 4.84. The maximum Gasteiger partial charge on any atom is 0.0943 e. The zero-order valence-corrected chi connectivity index (χ0v) is 16.8. The zero-order valence-electron chi connectivity index (χ0n) is 16.8. The Morgan fingerprint density at radius 2 is 1.57 bits per heavy atom. The van der Waals surface area contributed by atoms with E-state index >= 15 is 0 Å². The van der Waals surface area contributed by atoms with Crippen LogP contribution in [-0.2, 0) is 0 Å². The van der Waals surface area contributed by atoms with Gasteiger partial charge in [0, 0.05) is 19.7 Å². The normalized spacial score (nSPS) is 15.5. The highest BCUT2D eigenvalue weighted by Crippen LogP contribution is 2.29. The van der Waals surface area contributed by atoms with E-state index in [0.29, 0.717) is 0 Å². The fraction of sp³-hybridized carbons (Fsp3) is 0.200. The van der Waals surface area contributed by atoms with Crippen molar-refractivity contribution in [2.75, 3.05) is 7.05 Å². The van der Waals surface area contributed by atoms with E-state index in [9.17, 15) is 0 Å². The molecule has 0 N–H and O–H groups in total. The first-order valence-electron chi connectivity index (χ1n) is 9.54. The molecule has 0 aliphatic carbocycles. The van der Waals surface area contributed by atoms with Crippen LogP contribution in [0.5, 0.6) is 0 Å². The van der Waals surface area contributed by atoms with Crippen LogP contribution in [0.1, 0.15) is 40.4 Å². The van der Waals surface area contributed by atoms with Gasteiger partial charge in [0.05, 0.1) is 17.4 Å². The van der Waals surface area contributed by atoms with E-state index in [4.69, 9.17) is 0 Å². The molecular weight excluding hydrogens is 342 g/mol. The molecule has 0 amide bonds. The highest BCUT2D eigenvalue weighted by Gasteiger charge is 2.26. The first kappa shape index (κ1) is 19.6. The smallest absolute Gasteiger partial charge is 0.0943 e.